The molecule has 2 aromatic heterocycles. The van der Waals surface area contributed by atoms with E-state index >= 15 is 0 Å². The number of pyridine rings is 1. The smallest absolute Gasteiger partial charge is 0.183 e. The van der Waals surface area contributed by atoms with E-state index in [-0.39, 0.29) is 5.92 Å². The molecule has 6 heteroatoms. The summed E-state index contributed by atoms with van der Waals surface area (Å²) in [6, 6.07) is 7.65. The van der Waals surface area contributed by atoms with Crippen LogP contribution < -0.4 is 4.74 Å². The van der Waals surface area contributed by atoms with Crippen LogP contribution in [-0.4, -0.2) is 16.5 Å². The van der Waals surface area contributed by atoms with Crippen LogP contribution in [-0.2, 0) is 0 Å². The van der Waals surface area contributed by atoms with Gasteiger partial charge in [0.15, 0.2) is 5.82 Å². The third-order valence-electron chi connectivity index (χ3n) is 4.11. The van der Waals surface area contributed by atoms with Gasteiger partial charge in [-0.3, -0.25) is 4.40 Å². The van der Waals surface area contributed by atoms with Gasteiger partial charge in [-0.1, -0.05) is 31.5 Å². The van der Waals surface area contributed by atoms with Gasteiger partial charge in [0, 0.05) is 17.3 Å². The van der Waals surface area contributed by atoms with Gasteiger partial charge >= 0.3 is 0 Å². The monoisotopic (exact) mass is 356 g/mol. The molecule has 0 amide bonds. The van der Waals surface area contributed by atoms with Crippen molar-refractivity contribution in [2.24, 2.45) is 10.2 Å². The first-order valence-corrected chi connectivity index (χ1v) is 8.53. The quantitative estimate of drug-likeness (QED) is 0.526. The highest BCUT2D eigenvalue weighted by molar-refractivity contribution is 6.31. The summed E-state index contributed by atoms with van der Waals surface area (Å²) in [5, 5.41) is 9.58. The molecule has 0 spiro atoms. The molecule has 0 N–H and O–H groups in total. The van der Waals surface area contributed by atoms with E-state index in [0.717, 1.165) is 28.3 Å². The number of nitrogens with zero attached hydrogens (tertiary/aromatic N) is 4. The van der Waals surface area contributed by atoms with Crippen molar-refractivity contribution in [3.63, 3.8) is 0 Å². The van der Waals surface area contributed by atoms with E-state index in [9.17, 15) is 0 Å². The Morgan fingerprint density at radius 1 is 1.16 bits per heavy atom. The standard InChI is InChI=1S/C19H21ClN4O/c1-11(2)17-19(24-8-6-7-12(3)18(24)21-17)23-22-15-9-13(4)14(20)10-16(15)25-5/h6-11H,1-5H3. The third kappa shape index (κ3) is 3.24. The summed E-state index contributed by atoms with van der Waals surface area (Å²) in [6.45, 7) is 8.17. The Bertz CT molecular complexity index is 960. The molecule has 1 aromatic carbocycles. The van der Waals surface area contributed by atoms with Gasteiger partial charge < -0.3 is 4.74 Å². The lowest BCUT2D eigenvalue weighted by Crippen LogP contribution is -1.88. The zero-order valence-electron chi connectivity index (χ0n) is 15.0. The molecule has 2 heterocycles. The largest absolute Gasteiger partial charge is 0.494 e. The normalized spacial score (nSPS) is 11.8. The Hall–Kier alpha value is -2.40. The van der Waals surface area contributed by atoms with E-state index in [1.807, 2.05) is 42.6 Å². The second kappa shape index (κ2) is 6.84. The van der Waals surface area contributed by atoms with Crippen LogP contribution in [0, 0.1) is 13.8 Å². The number of benzene rings is 1. The summed E-state index contributed by atoms with van der Waals surface area (Å²) in [5.74, 6) is 1.57. The van der Waals surface area contributed by atoms with Gasteiger partial charge in [-0.15, -0.1) is 10.2 Å². The zero-order chi connectivity index (χ0) is 18.1. The van der Waals surface area contributed by atoms with Crippen molar-refractivity contribution in [1.82, 2.24) is 9.38 Å². The van der Waals surface area contributed by atoms with Crippen LogP contribution in [0.5, 0.6) is 5.75 Å². The van der Waals surface area contributed by atoms with E-state index < -0.39 is 0 Å². The molecule has 0 radical (unpaired) electrons. The molecule has 130 valence electrons. The minimum absolute atomic E-state index is 0.238. The van der Waals surface area contributed by atoms with Crippen molar-refractivity contribution in [3.8, 4) is 5.75 Å². The SMILES string of the molecule is COc1cc(Cl)c(C)cc1N=Nc1c(C(C)C)nc2c(C)cccn12. The summed E-state index contributed by atoms with van der Waals surface area (Å²) < 4.78 is 7.35. The molecule has 3 rings (SSSR count). The summed E-state index contributed by atoms with van der Waals surface area (Å²) in [4.78, 5) is 4.76. The van der Waals surface area contributed by atoms with Gasteiger partial charge in [0.05, 0.1) is 12.8 Å². The molecule has 0 saturated heterocycles. The predicted molar refractivity (Wildman–Crippen MR) is 101 cm³/mol. The Labute approximate surface area is 152 Å². The highest BCUT2D eigenvalue weighted by atomic mass is 35.5. The number of aryl methyl sites for hydroxylation is 2. The van der Waals surface area contributed by atoms with Crippen LogP contribution in [0.15, 0.2) is 40.7 Å². The molecule has 0 fully saturated rings. The summed E-state index contributed by atoms with van der Waals surface area (Å²) >= 11 is 6.16. The van der Waals surface area contributed by atoms with Gasteiger partial charge in [-0.25, -0.2) is 4.98 Å². The van der Waals surface area contributed by atoms with Gasteiger partial charge in [0.1, 0.15) is 17.1 Å². The minimum Gasteiger partial charge on any atom is -0.494 e. The molecule has 0 aliphatic rings. The van der Waals surface area contributed by atoms with Crippen molar-refractivity contribution >= 4 is 28.8 Å². The number of methoxy groups -OCH3 is 1. The van der Waals surface area contributed by atoms with Crippen LogP contribution in [0.25, 0.3) is 5.65 Å². The summed E-state index contributed by atoms with van der Waals surface area (Å²) in [7, 11) is 1.59. The van der Waals surface area contributed by atoms with Gasteiger partial charge in [0.25, 0.3) is 0 Å². The number of halogens is 1. The number of azo groups is 1. The molecule has 0 bridgehead atoms. The summed E-state index contributed by atoms with van der Waals surface area (Å²) in [6.07, 6.45) is 1.96. The highest BCUT2D eigenvalue weighted by Crippen LogP contribution is 2.36. The van der Waals surface area contributed by atoms with Gasteiger partial charge in [-0.05, 0) is 43.0 Å². The topological polar surface area (TPSA) is 51.2 Å². The van der Waals surface area contributed by atoms with Gasteiger partial charge in [0.2, 0.25) is 0 Å². The van der Waals surface area contributed by atoms with Crippen molar-refractivity contribution in [1.29, 1.82) is 0 Å². The number of rotatable bonds is 4. The molecular weight excluding hydrogens is 336 g/mol. The molecule has 0 aliphatic carbocycles. The van der Waals surface area contributed by atoms with Crippen LogP contribution in [0.1, 0.15) is 36.6 Å². The Balaban J connectivity index is 2.15. The Morgan fingerprint density at radius 2 is 1.92 bits per heavy atom. The number of hydrogen-bond acceptors (Lipinski definition) is 4. The number of aromatic nitrogens is 2. The Morgan fingerprint density at radius 3 is 2.60 bits per heavy atom. The molecule has 25 heavy (non-hydrogen) atoms. The first-order chi connectivity index (χ1) is 11.9. The fraction of sp³-hybridized carbons (Fsp3) is 0.316. The van der Waals surface area contributed by atoms with E-state index in [4.69, 9.17) is 21.3 Å². The van der Waals surface area contributed by atoms with Crippen LogP contribution in [0.3, 0.4) is 0 Å². The fourth-order valence-electron chi connectivity index (χ4n) is 2.69. The Kier molecular flexibility index (Phi) is 4.77. The number of ether oxygens (including phenoxy) is 1. The molecule has 3 aromatic rings. The van der Waals surface area contributed by atoms with Crippen molar-refractivity contribution in [2.45, 2.75) is 33.6 Å². The maximum atomic E-state index is 6.16. The second-order valence-corrected chi connectivity index (χ2v) is 6.74. The first kappa shape index (κ1) is 17.4. The minimum atomic E-state index is 0.238. The highest BCUT2D eigenvalue weighted by Gasteiger charge is 2.16. The van der Waals surface area contributed by atoms with Gasteiger partial charge in [-0.2, -0.15) is 0 Å². The average molecular weight is 357 g/mol. The van der Waals surface area contributed by atoms with E-state index in [2.05, 4.69) is 24.1 Å². The molecule has 0 aliphatic heterocycles. The molecule has 5 nitrogen and oxygen atoms in total. The van der Waals surface area contributed by atoms with Crippen LogP contribution in [0.2, 0.25) is 5.02 Å². The van der Waals surface area contributed by atoms with E-state index in [1.165, 1.54) is 0 Å². The van der Waals surface area contributed by atoms with Crippen molar-refractivity contribution < 1.29 is 4.74 Å². The van der Waals surface area contributed by atoms with Crippen molar-refractivity contribution in [2.75, 3.05) is 7.11 Å². The molecule has 0 unspecified atom stereocenters. The number of imidazole rings is 1. The zero-order valence-corrected chi connectivity index (χ0v) is 15.8. The average Bonchev–Trinajstić information content (AvgIpc) is 2.96. The third-order valence-corrected chi connectivity index (χ3v) is 4.51. The molecule has 0 saturated carbocycles. The summed E-state index contributed by atoms with van der Waals surface area (Å²) in [5.41, 5.74) is 4.49. The lowest BCUT2D eigenvalue weighted by Gasteiger charge is -2.07. The van der Waals surface area contributed by atoms with E-state index in [0.29, 0.717) is 16.5 Å². The molecular formula is C19H21ClN4O. The maximum Gasteiger partial charge on any atom is 0.183 e. The lowest BCUT2D eigenvalue weighted by atomic mass is 10.1. The maximum absolute atomic E-state index is 6.16. The predicted octanol–water partition coefficient (Wildman–Crippen LogP) is 6.15. The molecule has 0 atom stereocenters. The first-order valence-electron chi connectivity index (χ1n) is 8.15. The number of fused-ring (bicyclic) bond motifs is 1. The van der Waals surface area contributed by atoms with Crippen molar-refractivity contribution in [3.05, 3.63) is 52.3 Å². The lowest BCUT2D eigenvalue weighted by molar-refractivity contribution is 0.416. The van der Waals surface area contributed by atoms with E-state index in [1.54, 1.807) is 13.2 Å². The fourth-order valence-corrected chi connectivity index (χ4v) is 2.84. The second-order valence-electron chi connectivity index (χ2n) is 6.33. The van der Waals surface area contributed by atoms with Crippen LogP contribution in [0.4, 0.5) is 11.5 Å². The van der Waals surface area contributed by atoms with Crippen LogP contribution >= 0.6 is 11.6 Å². The number of hydrogen-bond donors (Lipinski definition) is 0.